The Morgan fingerprint density at radius 3 is 2.12 bits per heavy atom. The summed E-state index contributed by atoms with van der Waals surface area (Å²) in [5.74, 6) is -0.211. The van der Waals surface area contributed by atoms with Gasteiger partial charge in [-0.05, 0) is 81.2 Å². The molecule has 1 heterocycles. The third-order valence-corrected chi connectivity index (χ3v) is 13.7. The van der Waals surface area contributed by atoms with Crippen molar-refractivity contribution >= 4 is 34.8 Å². The molecular weight excluding hydrogens is 471 g/mol. The van der Waals surface area contributed by atoms with Gasteiger partial charge in [-0.1, -0.05) is 66.7 Å². The Balaban J connectivity index is 1.94. The Hall–Kier alpha value is -1.54. The van der Waals surface area contributed by atoms with E-state index in [4.69, 9.17) is 13.4 Å². The van der Waals surface area contributed by atoms with E-state index in [1.807, 2.05) is 0 Å². The molecule has 182 valence electrons. The van der Waals surface area contributed by atoms with Gasteiger partial charge in [-0.15, -0.1) is 0 Å². The van der Waals surface area contributed by atoms with Gasteiger partial charge in [0.05, 0.1) is 0 Å². The Labute approximate surface area is 207 Å². The van der Waals surface area contributed by atoms with E-state index in [0.29, 0.717) is 0 Å². The summed E-state index contributed by atoms with van der Waals surface area (Å²) in [6, 6.07) is 26.1. The number of fused-ring (bicyclic) bond motifs is 1. The molecule has 1 aliphatic rings. The summed E-state index contributed by atoms with van der Waals surface area (Å²) in [5.41, 5.74) is 2.38. The van der Waals surface area contributed by atoms with Crippen LogP contribution in [0.5, 0.6) is 0 Å². The number of nitrogens with zero attached hydrogens (tertiary/aromatic N) is 2. The van der Waals surface area contributed by atoms with E-state index < -0.39 is 24.0 Å². The fourth-order valence-corrected chi connectivity index (χ4v) is 13.9. The van der Waals surface area contributed by atoms with Crippen LogP contribution in [-0.4, -0.2) is 34.3 Å². The van der Waals surface area contributed by atoms with Gasteiger partial charge in [0.1, 0.15) is 11.9 Å². The number of hydrogen-bond donors (Lipinski definition) is 0. The van der Waals surface area contributed by atoms with Gasteiger partial charge in [0.2, 0.25) is 0 Å². The van der Waals surface area contributed by atoms with Crippen molar-refractivity contribution in [2.45, 2.75) is 64.2 Å². The molecule has 7 heteroatoms. The average molecular weight is 511 g/mol. The minimum absolute atomic E-state index is 0.0344. The highest BCUT2D eigenvalue weighted by Crippen LogP contribution is 2.73. The van der Waals surface area contributed by atoms with Crippen molar-refractivity contribution in [1.82, 2.24) is 4.67 Å². The minimum Gasteiger partial charge on any atom is -0.402 e. The molecule has 4 nitrogen and oxygen atoms in total. The summed E-state index contributed by atoms with van der Waals surface area (Å²) < 4.78 is 22.3. The van der Waals surface area contributed by atoms with Crippen LogP contribution in [0.25, 0.3) is 10.8 Å². The molecule has 0 N–H and O–H groups in total. The molecule has 0 saturated carbocycles. The molecule has 0 aromatic heterocycles. The maximum Gasteiger partial charge on any atom is 0.185 e. The molecule has 4 rings (SSSR count). The highest BCUT2D eigenvalue weighted by molar-refractivity contribution is 7.60. The van der Waals surface area contributed by atoms with Gasteiger partial charge in [0.25, 0.3) is 0 Å². The second-order valence-electron chi connectivity index (χ2n) is 11.3. The van der Waals surface area contributed by atoms with Crippen LogP contribution in [-0.2, 0) is 8.95 Å². The summed E-state index contributed by atoms with van der Waals surface area (Å²) >= 11 is 0. The lowest BCUT2D eigenvalue weighted by Gasteiger charge is -2.39. The number of benzene rings is 3. The zero-order valence-corrected chi connectivity index (χ0v) is 24.7. The highest BCUT2D eigenvalue weighted by atomic mass is 31.2. The maximum atomic E-state index is 7.21. The third kappa shape index (κ3) is 5.33. The van der Waals surface area contributed by atoms with E-state index in [1.54, 1.807) is 0 Å². The standard InChI is InChI=1S/C27H39N2O2PSi2/c1-21-26(23-15-10-9-11-16-23)30-32(29(21)2,28-33(3,4)5)27(31-34(6,7)8)25-19-18-22-14-12-13-17-24(22)20-25/h9-21,26-27H,1-8H3/t21-,26-,27-,32?/m0/s1. The SMILES string of the molecule is C[C@H]1[C@@H](c2ccccc2)OP(=N[Si](C)(C)C)([C@H](O[Si](C)(C)C)c2ccc3ccccc3c2)N1C. The van der Waals surface area contributed by atoms with Crippen molar-refractivity contribution in [3.8, 4) is 0 Å². The fraction of sp³-hybridized carbons (Fsp3) is 0.407. The van der Waals surface area contributed by atoms with Crippen LogP contribution >= 0.6 is 7.43 Å². The predicted octanol–water partition coefficient (Wildman–Crippen LogP) is 8.65. The van der Waals surface area contributed by atoms with Crippen LogP contribution in [0, 0.1) is 0 Å². The highest BCUT2D eigenvalue weighted by Gasteiger charge is 2.51. The second-order valence-corrected chi connectivity index (χ2v) is 23.4. The quantitative estimate of drug-likeness (QED) is 0.246. The number of hydrogen-bond acceptors (Lipinski definition) is 3. The number of rotatable bonds is 6. The second kappa shape index (κ2) is 9.49. The van der Waals surface area contributed by atoms with Gasteiger partial charge in [0.15, 0.2) is 24.0 Å². The minimum atomic E-state index is -2.51. The summed E-state index contributed by atoms with van der Waals surface area (Å²) in [4.78, 5) is 0. The molecule has 4 atom stereocenters. The van der Waals surface area contributed by atoms with Crippen LogP contribution in [0.15, 0.2) is 77.2 Å². The molecule has 1 fully saturated rings. The van der Waals surface area contributed by atoms with Gasteiger partial charge in [-0.2, -0.15) is 0 Å². The Morgan fingerprint density at radius 1 is 0.882 bits per heavy atom. The van der Waals surface area contributed by atoms with Crippen molar-refractivity contribution < 1.29 is 8.95 Å². The van der Waals surface area contributed by atoms with Gasteiger partial charge < -0.3 is 13.4 Å². The first-order valence-electron chi connectivity index (χ1n) is 12.2. The molecule has 1 saturated heterocycles. The Kier molecular flexibility index (Phi) is 7.13. The van der Waals surface area contributed by atoms with Crippen molar-refractivity contribution in [2.24, 2.45) is 4.41 Å². The van der Waals surface area contributed by atoms with Crippen molar-refractivity contribution in [3.63, 3.8) is 0 Å². The van der Waals surface area contributed by atoms with Crippen LogP contribution in [0.3, 0.4) is 0 Å². The maximum absolute atomic E-state index is 7.21. The van der Waals surface area contributed by atoms with E-state index in [1.165, 1.54) is 21.9 Å². The van der Waals surface area contributed by atoms with Crippen molar-refractivity contribution in [2.75, 3.05) is 7.05 Å². The molecule has 0 aliphatic carbocycles. The molecule has 1 aliphatic heterocycles. The van der Waals surface area contributed by atoms with E-state index in [9.17, 15) is 0 Å². The first-order valence-corrected chi connectivity index (χ1v) is 20.7. The van der Waals surface area contributed by atoms with Gasteiger partial charge >= 0.3 is 0 Å². The average Bonchev–Trinajstić information content (AvgIpc) is 3.02. The first kappa shape index (κ1) is 25.6. The van der Waals surface area contributed by atoms with Gasteiger partial charge in [-0.3, -0.25) is 0 Å². The molecule has 3 aromatic carbocycles. The van der Waals surface area contributed by atoms with E-state index in [2.05, 4.69) is 131 Å². The fourth-order valence-electron chi connectivity index (χ4n) is 4.59. The molecular formula is C27H39N2O2PSi2. The lowest BCUT2D eigenvalue weighted by Crippen LogP contribution is -2.32. The first-order chi connectivity index (χ1) is 15.9. The van der Waals surface area contributed by atoms with E-state index in [0.717, 1.165) is 0 Å². The third-order valence-electron chi connectivity index (χ3n) is 6.15. The molecule has 1 unspecified atom stereocenters. The lowest BCUT2D eigenvalue weighted by atomic mass is 10.0. The van der Waals surface area contributed by atoms with Crippen LogP contribution < -0.4 is 0 Å². The lowest BCUT2D eigenvalue weighted by molar-refractivity contribution is 0.201. The van der Waals surface area contributed by atoms with Crippen LogP contribution in [0.4, 0.5) is 0 Å². The van der Waals surface area contributed by atoms with Gasteiger partial charge in [0, 0.05) is 6.04 Å². The Bertz CT molecular complexity index is 1200. The normalized spacial score (nSPS) is 24.9. The summed E-state index contributed by atoms with van der Waals surface area (Å²) in [5, 5.41) is 2.47. The van der Waals surface area contributed by atoms with Crippen LogP contribution in [0.1, 0.15) is 30.0 Å². The van der Waals surface area contributed by atoms with E-state index in [-0.39, 0.29) is 18.0 Å². The smallest absolute Gasteiger partial charge is 0.185 e. The molecule has 3 aromatic rings. The largest absolute Gasteiger partial charge is 0.402 e. The zero-order valence-electron chi connectivity index (χ0n) is 21.8. The molecule has 0 radical (unpaired) electrons. The van der Waals surface area contributed by atoms with Crippen molar-refractivity contribution in [1.29, 1.82) is 0 Å². The topological polar surface area (TPSA) is 34.1 Å². The molecule has 0 bridgehead atoms. The zero-order chi connectivity index (χ0) is 24.7. The summed E-state index contributed by atoms with van der Waals surface area (Å²) in [7, 11) is -4.12. The number of likely N-dealkylation sites (N-methyl/N-ethyl adjacent to an activating group) is 1. The van der Waals surface area contributed by atoms with E-state index >= 15 is 0 Å². The molecule has 34 heavy (non-hydrogen) atoms. The predicted molar refractivity (Wildman–Crippen MR) is 151 cm³/mol. The van der Waals surface area contributed by atoms with Crippen molar-refractivity contribution in [3.05, 3.63) is 83.9 Å². The summed E-state index contributed by atoms with van der Waals surface area (Å²) in [6.45, 7) is 16.0. The Morgan fingerprint density at radius 2 is 1.50 bits per heavy atom. The molecule has 0 amide bonds. The summed E-state index contributed by atoms with van der Waals surface area (Å²) in [6.07, 6.45) is -0.0344. The molecule has 0 spiro atoms. The monoisotopic (exact) mass is 510 g/mol. The van der Waals surface area contributed by atoms with Gasteiger partial charge in [-0.25, -0.2) is 4.67 Å². The van der Waals surface area contributed by atoms with Crippen LogP contribution in [0.2, 0.25) is 39.3 Å².